The van der Waals surface area contributed by atoms with Crippen molar-refractivity contribution in [1.82, 2.24) is 24.6 Å². The molecule has 0 unspecified atom stereocenters. The van der Waals surface area contributed by atoms with E-state index in [2.05, 4.69) is 9.97 Å². The molecule has 1 aromatic carbocycles. The Morgan fingerprint density at radius 2 is 1.77 bits per heavy atom. The normalized spacial score (nSPS) is 13.4. The Morgan fingerprint density at radius 3 is 2.45 bits per heavy atom. The lowest BCUT2D eigenvalue weighted by molar-refractivity contribution is 0.0575. The highest BCUT2D eigenvalue weighted by Crippen LogP contribution is 2.42. The first-order valence-electron chi connectivity index (χ1n) is 13.6. The van der Waals surface area contributed by atoms with Crippen LogP contribution in [0.3, 0.4) is 0 Å². The van der Waals surface area contributed by atoms with E-state index in [1.54, 1.807) is 21.8 Å². The number of carbonyl (C=O) groups excluding carboxylic acids is 1. The molecule has 0 radical (unpaired) electrons. The standard InChI is InChI=1S/C32H32N6O2/c1-21-25(8-7-17-33-21)28-18-29(38-30(36-28)26(19-35-38)23-14-15-23)37(31(39)40-32(2,3)4)20-22-10-12-24(13-11-22)27-9-5-6-16-34-27/h5-13,16-19,23H,14-15,20H2,1-4H3. The molecule has 8 nitrogen and oxygen atoms in total. The van der Waals surface area contributed by atoms with Crippen LogP contribution in [0, 0.1) is 6.92 Å². The van der Waals surface area contributed by atoms with Gasteiger partial charge in [0.15, 0.2) is 5.65 Å². The summed E-state index contributed by atoms with van der Waals surface area (Å²) < 4.78 is 7.68. The number of pyridine rings is 2. The second-order valence-electron chi connectivity index (χ2n) is 11.2. The van der Waals surface area contributed by atoms with Crippen molar-refractivity contribution in [3.63, 3.8) is 0 Å². The van der Waals surface area contributed by atoms with Crippen LogP contribution >= 0.6 is 0 Å². The number of aryl methyl sites for hydroxylation is 1. The van der Waals surface area contributed by atoms with Gasteiger partial charge in [0.1, 0.15) is 11.4 Å². The molecular formula is C32H32N6O2. The highest BCUT2D eigenvalue weighted by Gasteiger charge is 2.31. The van der Waals surface area contributed by atoms with Crippen molar-refractivity contribution >= 4 is 17.6 Å². The van der Waals surface area contributed by atoms with Crippen molar-refractivity contribution in [2.24, 2.45) is 0 Å². The van der Waals surface area contributed by atoms with Gasteiger partial charge in [0.05, 0.1) is 24.1 Å². The largest absolute Gasteiger partial charge is 0.443 e. The number of nitrogens with zero attached hydrogens (tertiary/aromatic N) is 6. The van der Waals surface area contributed by atoms with Gasteiger partial charge >= 0.3 is 6.09 Å². The second kappa shape index (κ2) is 10.2. The molecule has 1 amide bonds. The van der Waals surface area contributed by atoms with Crippen LogP contribution in [-0.4, -0.2) is 36.3 Å². The van der Waals surface area contributed by atoms with Gasteiger partial charge in [-0.15, -0.1) is 0 Å². The zero-order valence-corrected chi connectivity index (χ0v) is 23.2. The maximum absolute atomic E-state index is 13.8. The van der Waals surface area contributed by atoms with E-state index in [1.165, 1.54) is 0 Å². The van der Waals surface area contributed by atoms with Crippen molar-refractivity contribution in [2.45, 2.75) is 58.6 Å². The predicted octanol–water partition coefficient (Wildman–Crippen LogP) is 6.98. The van der Waals surface area contributed by atoms with Crippen LogP contribution in [0.2, 0.25) is 0 Å². The molecule has 0 aliphatic heterocycles. The molecule has 4 heterocycles. The van der Waals surface area contributed by atoms with Crippen molar-refractivity contribution in [1.29, 1.82) is 0 Å². The van der Waals surface area contributed by atoms with Gasteiger partial charge in [-0.25, -0.2) is 9.78 Å². The summed E-state index contributed by atoms with van der Waals surface area (Å²) in [7, 11) is 0. The number of hydrogen-bond donors (Lipinski definition) is 0. The summed E-state index contributed by atoms with van der Waals surface area (Å²) in [5.74, 6) is 1.04. The lowest BCUT2D eigenvalue weighted by Gasteiger charge is -2.28. The van der Waals surface area contributed by atoms with E-state index >= 15 is 0 Å². The fourth-order valence-corrected chi connectivity index (χ4v) is 4.78. The van der Waals surface area contributed by atoms with Gasteiger partial charge in [0, 0.05) is 40.8 Å². The number of benzene rings is 1. The molecule has 6 rings (SSSR count). The molecule has 1 aliphatic rings. The number of ether oxygens (including phenoxy) is 1. The van der Waals surface area contributed by atoms with Crippen LogP contribution in [0.1, 0.15) is 56.4 Å². The van der Waals surface area contributed by atoms with E-state index in [9.17, 15) is 4.79 Å². The zero-order valence-electron chi connectivity index (χ0n) is 23.2. The van der Waals surface area contributed by atoms with Crippen molar-refractivity contribution in [3.8, 4) is 22.5 Å². The van der Waals surface area contributed by atoms with Crippen molar-refractivity contribution < 1.29 is 9.53 Å². The average Bonchev–Trinajstić information content (AvgIpc) is 3.70. The Bertz CT molecular complexity index is 1670. The van der Waals surface area contributed by atoms with E-state index in [0.29, 0.717) is 18.3 Å². The Balaban J connectivity index is 1.46. The second-order valence-corrected chi connectivity index (χ2v) is 11.2. The van der Waals surface area contributed by atoms with E-state index in [4.69, 9.17) is 14.8 Å². The number of aromatic nitrogens is 5. The van der Waals surface area contributed by atoms with Crippen LogP contribution in [0.5, 0.6) is 0 Å². The van der Waals surface area contributed by atoms with E-state index < -0.39 is 11.7 Å². The molecular weight excluding hydrogens is 500 g/mol. The van der Waals surface area contributed by atoms with E-state index in [0.717, 1.165) is 57.8 Å². The molecule has 0 saturated heterocycles. The van der Waals surface area contributed by atoms with Gasteiger partial charge in [0.25, 0.3) is 0 Å². The molecule has 0 atom stereocenters. The molecule has 1 saturated carbocycles. The first-order valence-corrected chi connectivity index (χ1v) is 13.6. The summed E-state index contributed by atoms with van der Waals surface area (Å²) in [6.07, 6.45) is 7.22. The summed E-state index contributed by atoms with van der Waals surface area (Å²) in [6, 6.07) is 19.8. The lowest BCUT2D eigenvalue weighted by atomic mass is 10.1. The van der Waals surface area contributed by atoms with Crippen molar-refractivity contribution in [2.75, 3.05) is 4.90 Å². The lowest BCUT2D eigenvalue weighted by Crippen LogP contribution is -2.37. The summed E-state index contributed by atoms with van der Waals surface area (Å²) in [6.45, 7) is 7.87. The quantitative estimate of drug-likeness (QED) is 0.234. The van der Waals surface area contributed by atoms with Gasteiger partial charge in [-0.1, -0.05) is 30.3 Å². The minimum Gasteiger partial charge on any atom is -0.443 e. The van der Waals surface area contributed by atoms with Crippen LogP contribution < -0.4 is 4.90 Å². The smallest absolute Gasteiger partial charge is 0.416 e. The molecule has 40 heavy (non-hydrogen) atoms. The third-order valence-corrected chi connectivity index (χ3v) is 6.93. The Labute approximate surface area is 233 Å². The van der Waals surface area contributed by atoms with Crippen LogP contribution in [0.15, 0.2) is 79.3 Å². The minimum atomic E-state index is -0.670. The number of rotatable bonds is 6. The van der Waals surface area contributed by atoms with Crippen molar-refractivity contribution in [3.05, 3.63) is 96.1 Å². The summed E-state index contributed by atoms with van der Waals surface area (Å²) in [5, 5.41) is 4.71. The number of hydrogen-bond acceptors (Lipinski definition) is 6. The number of carbonyl (C=O) groups is 1. The zero-order chi connectivity index (χ0) is 27.9. The molecule has 0 spiro atoms. The molecule has 202 valence electrons. The summed E-state index contributed by atoms with van der Waals surface area (Å²) in [4.78, 5) is 29.4. The highest BCUT2D eigenvalue weighted by atomic mass is 16.6. The fraction of sp³-hybridized carbons (Fsp3) is 0.281. The minimum absolute atomic E-state index is 0.292. The Hall–Kier alpha value is -4.59. The first-order chi connectivity index (χ1) is 19.3. The highest BCUT2D eigenvalue weighted by molar-refractivity contribution is 5.88. The van der Waals surface area contributed by atoms with Crippen LogP contribution in [-0.2, 0) is 11.3 Å². The van der Waals surface area contributed by atoms with E-state index in [1.807, 2.05) is 94.6 Å². The summed E-state index contributed by atoms with van der Waals surface area (Å²) in [5.41, 5.74) is 6.58. The molecule has 4 aromatic heterocycles. The van der Waals surface area contributed by atoms with Crippen LogP contribution in [0.4, 0.5) is 10.6 Å². The molecule has 1 aliphatic carbocycles. The van der Waals surface area contributed by atoms with Gasteiger partial charge in [0.2, 0.25) is 0 Å². The van der Waals surface area contributed by atoms with Gasteiger partial charge < -0.3 is 4.74 Å². The number of fused-ring (bicyclic) bond motifs is 1. The third-order valence-electron chi connectivity index (χ3n) is 6.93. The Kier molecular flexibility index (Phi) is 6.54. The third kappa shape index (κ3) is 5.30. The average molecular weight is 533 g/mol. The monoisotopic (exact) mass is 532 g/mol. The van der Waals surface area contributed by atoms with Gasteiger partial charge in [-0.05, 0) is 76.3 Å². The number of anilines is 1. The summed E-state index contributed by atoms with van der Waals surface area (Å²) >= 11 is 0. The first kappa shape index (κ1) is 25.7. The SMILES string of the molecule is Cc1ncccc1-c1cc(N(Cc2ccc(-c3ccccn3)cc2)C(=O)OC(C)(C)C)n2ncc(C3CC3)c2n1. The van der Waals surface area contributed by atoms with Gasteiger partial charge in [-0.2, -0.15) is 9.61 Å². The Morgan fingerprint density at radius 1 is 1.00 bits per heavy atom. The van der Waals surface area contributed by atoms with E-state index in [-0.39, 0.29) is 0 Å². The molecule has 8 heteroatoms. The van der Waals surface area contributed by atoms with Crippen LogP contribution in [0.25, 0.3) is 28.2 Å². The molecule has 0 bridgehead atoms. The van der Waals surface area contributed by atoms with Gasteiger partial charge in [-0.3, -0.25) is 14.9 Å². The number of amides is 1. The molecule has 1 fully saturated rings. The topological polar surface area (TPSA) is 85.5 Å². The predicted molar refractivity (Wildman–Crippen MR) is 155 cm³/mol. The maximum atomic E-state index is 13.8. The molecule has 0 N–H and O–H groups in total. The molecule has 5 aromatic rings. The maximum Gasteiger partial charge on any atom is 0.416 e. The fourth-order valence-electron chi connectivity index (χ4n) is 4.78.